The molecular weight excluding hydrogens is 138 g/mol. The van der Waals surface area contributed by atoms with Crippen molar-refractivity contribution in [2.24, 2.45) is 0 Å². The van der Waals surface area contributed by atoms with Gasteiger partial charge in [0, 0.05) is 13.1 Å². The molecule has 1 heterocycles. The van der Waals surface area contributed by atoms with Gasteiger partial charge in [-0.25, -0.2) is 5.32 Å². The predicted molar refractivity (Wildman–Crippen MR) is 45.8 cm³/mol. The summed E-state index contributed by atoms with van der Waals surface area (Å²) in [5.74, 6) is 0. The van der Waals surface area contributed by atoms with E-state index in [1.807, 2.05) is 0 Å². The summed E-state index contributed by atoms with van der Waals surface area (Å²) in [6, 6.07) is 0. The molecule has 65 valence electrons. The maximum atomic E-state index is 5.53. The van der Waals surface area contributed by atoms with Gasteiger partial charge in [0.25, 0.3) is 0 Å². The molecule has 1 atom stereocenters. The molecule has 1 saturated heterocycles. The fourth-order valence-corrected chi connectivity index (χ4v) is 1.37. The van der Waals surface area contributed by atoms with Crippen molar-refractivity contribution in [1.82, 2.24) is 5.32 Å². The first-order chi connectivity index (χ1) is 5.43. The summed E-state index contributed by atoms with van der Waals surface area (Å²) in [5.41, 5.74) is 0. The van der Waals surface area contributed by atoms with Crippen LogP contribution >= 0.6 is 0 Å². The molecule has 1 unspecified atom stereocenters. The van der Waals surface area contributed by atoms with Crippen molar-refractivity contribution in [3.63, 3.8) is 0 Å². The van der Waals surface area contributed by atoms with Gasteiger partial charge in [-0.15, -0.1) is 0 Å². The van der Waals surface area contributed by atoms with Crippen LogP contribution in [0.1, 0.15) is 32.6 Å². The molecule has 0 aliphatic carbocycles. The Morgan fingerprint density at radius 1 is 1.45 bits per heavy atom. The van der Waals surface area contributed by atoms with E-state index in [0.717, 1.165) is 19.7 Å². The summed E-state index contributed by atoms with van der Waals surface area (Å²) in [6.07, 6.45) is 5.58. The topological polar surface area (TPSA) is 23.3 Å². The van der Waals surface area contributed by atoms with E-state index < -0.39 is 0 Å². The fraction of sp³-hybridized carbons (Fsp3) is 1.00. The number of ether oxygens (including phenoxy) is 1. The van der Waals surface area contributed by atoms with Crippen LogP contribution in [0.15, 0.2) is 0 Å². The number of morpholine rings is 1. The third-order valence-corrected chi connectivity index (χ3v) is 2.07. The molecule has 0 amide bonds. The van der Waals surface area contributed by atoms with Crippen molar-refractivity contribution in [1.29, 1.82) is 0 Å². The molecule has 0 saturated carbocycles. The molecule has 0 aromatic heterocycles. The van der Waals surface area contributed by atoms with Crippen LogP contribution in [0.2, 0.25) is 0 Å². The Kier molecular flexibility index (Phi) is 4.55. The van der Waals surface area contributed by atoms with E-state index >= 15 is 0 Å². The van der Waals surface area contributed by atoms with E-state index in [2.05, 4.69) is 12.2 Å². The Balaban J connectivity index is 1.96. The van der Waals surface area contributed by atoms with Crippen molar-refractivity contribution in [2.75, 3.05) is 19.7 Å². The molecule has 11 heavy (non-hydrogen) atoms. The fourth-order valence-electron chi connectivity index (χ4n) is 1.37. The molecule has 1 fully saturated rings. The van der Waals surface area contributed by atoms with Gasteiger partial charge in [0.2, 0.25) is 0 Å². The standard InChI is InChI=1S/C9H18NO/c1-2-3-4-5-9-8-10-6-7-11-9/h9H,2-8H2,1H3. The number of hydrogen-bond donors (Lipinski definition) is 0. The van der Waals surface area contributed by atoms with Crippen molar-refractivity contribution >= 4 is 0 Å². The summed E-state index contributed by atoms with van der Waals surface area (Å²) in [7, 11) is 0. The second kappa shape index (κ2) is 5.56. The Morgan fingerprint density at radius 3 is 3.00 bits per heavy atom. The van der Waals surface area contributed by atoms with Gasteiger partial charge in [-0.2, -0.15) is 0 Å². The summed E-state index contributed by atoms with van der Waals surface area (Å²) in [4.78, 5) is 0. The van der Waals surface area contributed by atoms with Gasteiger partial charge in [0.15, 0.2) is 0 Å². The number of hydrogen-bond acceptors (Lipinski definition) is 1. The largest absolute Gasteiger partial charge is 0.375 e. The lowest BCUT2D eigenvalue weighted by Crippen LogP contribution is -2.33. The molecule has 2 heteroatoms. The average molecular weight is 156 g/mol. The summed E-state index contributed by atoms with van der Waals surface area (Å²) >= 11 is 0. The minimum absolute atomic E-state index is 0.440. The number of nitrogens with zero attached hydrogens (tertiary/aromatic N) is 1. The van der Waals surface area contributed by atoms with E-state index in [0.29, 0.717) is 6.10 Å². The SMILES string of the molecule is CCCCCC1C[N]CCO1. The highest BCUT2D eigenvalue weighted by atomic mass is 16.5. The van der Waals surface area contributed by atoms with E-state index in [-0.39, 0.29) is 0 Å². The van der Waals surface area contributed by atoms with Gasteiger partial charge in [-0.05, 0) is 6.42 Å². The van der Waals surface area contributed by atoms with Gasteiger partial charge in [0.1, 0.15) is 0 Å². The molecule has 0 aromatic carbocycles. The second-order valence-electron chi connectivity index (χ2n) is 3.12. The van der Waals surface area contributed by atoms with Crippen LogP contribution in [0.25, 0.3) is 0 Å². The molecule has 0 spiro atoms. The Morgan fingerprint density at radius 2 is 2.36 bits per heavy atom. The van der Waals surface area contributed by atoms with Crippen LogP contribution < -0.4 is 5.32 Å². The van der Waals surface area contributed by atoms with Crippen molar-refractivity contribution in [2.45, 2.75) is 38.7 Å². The first-order valence-electron chi connectivity index (χ1n) is 4.68. The maximum Gasteiger partial charge on any atom is 0.0716 e. The van der Waals surface area contributed by atoms with Crippen LogP contribution in [-0.4, -0.2) is 25.8 Å². The van der Waals surface area contributed by atoms with Crippen molar-refractivity contribution < 1.29 is 4.74 Å². The number of unbranched alkanes of at least 4 members (excludes halogenated alkanes) is 2. The average Bonchev–Trinajstić information content (AvgIpc) is 2.07. The molecule has 0 aromatic rings. The molecule has 0 bridgehead atoms. The minimum Gasteiger partial charge on any atom is -0.375 e. The van der Waals surface area contributed by atoms with Crippen LogP contribution in [0, 0.1) is 0 Å². The Bertz CT molecular complexity index is 89.6. The Labute approximate surface area is 69.3 Å². The lowest BCUT2D eigenvalue weighted by Gasteiger charge is -2.22. The van der Waals surface area contributed by atoms with Crippen LogP contribution in [0.4, 0.5) is 0 Å². The summed E-state index contributed by atoms with van der Waals surface area (Å²) in [5, 5.41) is 4.31. The zero-order valence-corrected chi connectivity index (χ0v) is 7.38. The highest BCUT2D eigenvalue weighted by Crippen LogP contribution is 2.08. The highest BCUT2D eigenvalue weighted by molar-refractivity contribution is 4.66. The smallest absolute Gasteiger partial charge is 0.0716 e. The molecule has 0 N–H and O–H groups in total. The van der Waals surface area contributed by atoms with E-state index in [9.17, 15) is 0 Å². The zero-order valence-electron chi connectivity index (χ0n) is 7.38. The van der Waals surface area contributed by atoms with E-state index in [1.54, 1.807) is 0 Å². The highest BCUT2D eigenvalue weighted by Gasteiger charge is 2.12. The van der Waals surface area contributed by atoms with Gasteiger partial charge < -0.3 is 4.74 Å². The predicted octanol–water partition coefficient (Wildman–Crippen LogP) is 1.57. The van der Waals surface area contributed by atoms with Gasteiger partial charge >= 0.3 is 0 Å². The molecule has 1 aliphatic heterocycles. The molecule has 1 rings (SSSR count). The van der Waals surface area contributed by atoms with E-state index in [1.165, 1.54) is 25.7 Å². The molecular formula is C9H18NO. The molecule has 2 nitrogen and oxygen atoms in total. The third kappa shape index (κ3) is 3.73. The normalized spacial score (nSPS) is 25.4. The number of rotatable bonds is 4. The van der Waals surface area contributed by atoms with Gasteiger partial charge in [0.05, 0.1) is 12.7 Å². The lowest BCUT2D eigenvalue weighted by molar-refractivity contribution is 0.0206. The summed E-state index contributed by atoms with van der Waals surface area (Å²) < 4.78 is 5.53. The lowest BCUT2D eigenvalue weighted by atomic mass is 10.1. The second-order valence-corrected chi connectivity index (χ2v) is 3.12. The van der Waals surface area contributed by atoms with Gasteiger partial charge in [-0.3, -0.25) is 0 Å². The summed E-state index contributed by atoms with van der Waals surface area (Å²) in [6.45, 7) is 4.91. The first kappa shape index (κ1) is 9.01. The zero-order chi connectivity index (χ0) is 7.94. The Hall–Kier alpha value is -0.0800. The quantitative estimate of drug-likeness (QED) is 0.567. The first-order valence-corrected chi connectivity index (χ1v) is 4.68. The monoisotopic (exact) mass is 156 g/mol. The van der Waals surface area contributed by atoms with Crippen LogP contribution in [0.3, 0.4) is 0 Å². The molecule has 1 radical (unpaired) electrons. The third-order valence-electron chi connectivity index (χ3n) is 2.07. The van der Waals surface area contributed by atoms with Crippen molar-refractivity contribution in [3.05, 3.63) is 0 Å². The maximum absolute atomic E-state index is 5.53. The van der Waals surface area contributed by atoms with E-state index in [4.69, 9.17) is 4.74 Å². The molecule has 1 aliphatic rings. The van der Waals surface area contributed by atoms with Crippen LogP contribution in [-0.2, 0) is 4.74 Å². The van der Waals surface area contributed by atoms with Crippen LogP contribution in [0.5, 0.6) is 0 Å². The minimum atomic E-state index is 0.440. The van der Waals surface area contributed by atoms with Crippen molar-refractivity contribution in [3.8, 4) is 0 Å². The van der Waals surface area contributed by atoms with Gasteiger partial charge in [-0.1, -0.05) is 26.2 Å².